The van der Waals surface area contributed by atoms with Gasteiger partial charge in [0.1, 0.15) is 30.6 Å². The van der Waals surface area contributed by atoms with Crippen LogP contribution < -0.4 is 9.47 Å². The number of benzene rings is 2. The van der Waals surface area contributed by atoms with Crippen LogP contribution >= 0.6 is 38.6 Å². The number of halogens is 1. The Morgan fingerprint density at radius 2 is 1.10 bits per heavy atom. The molecule has 0 bridgehead atoms. The van der Waals surface area contributed by atoms with Gasteiger partial charge in [0.2, 0.25) is 11.5 Å². The van der Waals surface area contributed by atoms with Gasteiger partial charge in [0, 0.05) is 71.1 Å². The number of aromatic nitrogens is 4. The molecule has 2 saturated carbocycles. The smallest absolute Gasteiger partial charge is 0.406 e. The van der Waals surface area contributed by atoms with Crippen LogP contribution in [0.5, 0.6) is 11.5 Å². The molecule has 86 heavy (non-hydrogen) atoms. The summed E-state index contributed by atoms with van der Waals surface area (Å²) >= 11 is 6.76. The summed E-state index contributed by atoms with van der Waals surface area (Å²) in [5, 5.41) is 25.4. The number of thiazole rings is 2. The van der Waals surface area contributed by atoms with Crippen molar-refractivity contribution in [2.45, 2.75) is 158 Å². The van der Waals surface area contributed by atoms with Crippen molar-refractivity contribution in [3.05, 3.63) is 147 Å². The van der Waals surface area contributed by atoms with Crippen molar-refractivity contribution in [3.8, 4) is 45.6 Å². The van der Waals surface area contributed by atoms with E-state index in [2.05, 4.69) is 90.4 Å². The van der Waals surface area contributed by atoms with E-state index in [-0.39, 0.29) is 48.9 Å². The predicted octanol–water partition coefficient (Wildman–Crippen LogP) is 13.7. The van der Waals surface area contributed by atoms with Crippen molar-refractivity contribution in [3.63, 3.8) is 0 Å². The van der Waals surface area contributed by atoms with Crippen molar-refractivity contribution >= 4 is 50.2 Å². The molecular formula is C65H75BrN8O10S2. The highest BCUT2D eigenvalue weighted by Crippen LogP contribution is 2.41. The van der Waals surface area contributed by atoms with Crippen LogP contribution in [0.1, 0.15) is 152 Å². The second kappa shape index (κ2) is 30.1. The van der Waals surface area contributed by atoms with Gasteiger partial charge in [0.15, 0.2) is 18.8 Å². The summed E-state index contributed by atoms with van der Waals surface area (Å²) in [6, 6.07) is 18.7. The Morgan fingerprint density at radius 1 is 0.616 bits per heavy atom. The summed E-state index contributed by atoms with van der Waals surface area (Å²) in [4.78, 5) is 45.9. The van der Waals surface area contributed by atoms with Crippen molar-refractivity contribution in [2.24, 2.45) is 0 Å². The van der Waals surface area contributed by atoms with Gasteiger partial charge in [-0.3, -0.25) is 0 Å². The van der Waals surface area contributed by atoms with Gasteiger partial charge < -0.3 is 58.4 Å². The van der Waals surface area contributed by atoms with Crippen LogP contribution in [0.3, 0.4) is 0 Å². The SMILES string of the molecule is CN1CCC(c2ncc(-c3cnc([N+](=O)[O-])c(OCc4cccc(C#CC5(OC6CCCCO6)CCC5)c4)c3)s2)CC1.Cc1cnc(C2CCN(C)CC2)s1.O=[N+]([O-])c1ncc(Br)cc1OCc1cccc(C#CC2(OC3CCCCO3)CCC2)c1. The van der Waals surface area contributed by atoms with E-state index >= 15 is 0 Å². The van der Waals surface area contributed by atoms with Crippen LogP contribution in [0.25, 0.3) is 10.4 Å². The zero-order valence-corrected chi connectivity index (χ0v) is 52.4. The highest BCUT2D eigenvalue weighted by Gasteiger charge is 2.41. The van der Waals surface area contributed by atoms with Crippen LogP contribution in [0.2, 0.25) is 0 Å². The maximum Gasteiger partial charge on any atom is 0.406 e. The Balaban J connectivity index is 0.000000162. The van der Waals surface area contributed by atoms with E-state index < -0.39 is 21.0 Å². The van der Waals surface area contributed by atoms with Gasteiger partial charge in [0.25, 0.3) is 0 Å². The van der Waals surface area contributed by atoms with Gasteiger partial charge in [0.05, 0.1) is 19.4 Å². The zero-order valence-electron chi connectivity index (χ0n) is 49.2. The summed E-state index contributed by atoms with van der Waals surface area (Å²) in [7, 11) is 4.34. The number of aryl methyl sites for hydroxylation is 1. The quantitative estimate of drug-likeness (QED) is 0.0533. The second-order valence-electron chi connectivity index (χ2n) is 23.1. The molecule has 6 fully saturated rings. The minimum Gasteiger partial charge on any atom is -0.481 e. The Morgan fingerprint density at radius 3 is 1.56 bits per heavy atom. The normalized spacial score (nSPS) is 20.3. The first-order valence-electron chi connectivity index (χ1n) is 30.0. The minimum atomic E-state index is -0.558. The van der Waals surface area contributed by atoms with Crippen molar-refractivity contribution < 1.29 is 38.3 Å². The molecule has 0 radical (unpaired) electrons. The molecule has 18 nitrogen and oxygen atoms in total. The maximum absolute atomic E-state index is 11.7. The van der Waals surface area contributed by atoms with Crippen molar-refractivity contribution in [2.75, 3.05) is 53.5 Å². The van der Waals surface area contributed by atoms with E-state index in [4.69, 9.17) is 28.4 Å². The first kappa shape index (κ1) is 62.8. The van der Waals surface area contributed by atoms with Crippen LogP contribution in [0, 0.1) is 50.8 Å². The van der Waals surface area contributed by atoms with Gasteiger partial charge in [-0.05, 0) is 221 Å². The molecule has 12 rings (SSSR count). The van der Waals surface area contributed by atoms with E-state index in [0.717, 1.165) is 160 Å². The number of likely N-dealkylation sites (tertiary alicyclic amines) is 2. The third-order valence-electron chi connectivity index (χ3n) is 16.4. The summed E-state index contributed by atoms with van der Waals surface area (Å²) in [6.07, 6.45) is 23.3. The highest BCUT2D eigenvalue weighted by atomic mass is 79.9. The largest absolute Gasteiger partial charge is 0.481 e. The summed E-state index contributed by atoms with van der Waals surface area (Å²) in [5.41, 5.74) is 3.33. The number of nitrogens with zero attached hydrogens (tertiary/aromatic N) is 8. The molecule has 6 aromatic rings. The lowest BCUT2D eigenvalue weighted by Gasteiger charge is -2.40. The molecule has 4 saturated heterocycles. The lowest BCUT2D eigenvalue weighted by atomic mass is 9.80. The standard InChI is InChI=1S/C32H36N4O5S.C23H23BrN2O5.C10H16N2S/c1-35-15-10-25(11-16-35)31-34-21-28(42-31)26-19-27(30(33-20-26)36(37)38)40-22-24-7-4-6-23(18-24)9-14-32(12-5-13-32)41-29-8-2-3-17-39-29;24-19-14-20(22(25-15-19)26(27)28)30-16-18-6-3-5-17(13-18)8-11-23(9-4-10-23)31-21-7-1-2-12-29-21;1-8-7-11-10(13-8)9-3-5-12(2)6-4-9/h4,6-7,18-21,25,29H,2-3,5,8,10-13,15-17,22H2,1H3;3,5-6,13-15,21H,1-2,4,7,9-10,12,16H2;7,9H,3-6H2,1-2H3. The summed E-state index contributed by atoms with van der Waals surface area (Å²) in [5.74, 6) is 14.1. The molecule has 454 valence electrons. The van der Waals surface area contributed by atoms with Gasteiger partial charge >= 0.3 is 11.6 Å². The molecule has 8 heterocycles. The second-order valence-corrected chi connectivity index (χ2v) is 26.3. The molecule has 21 heteroatoms. The lowest BCUT2D eigenvalue weighted by Crippen LogP contribution is -2.43. The van der Waals surface area contributed by atoms with Crippen molar-refractivity contribution in [1.82, 2.24) is 29.7 Å². The van der Waals surface area contributed by atoms with E-state index in [1.165, 1.54) is 48.2 Å². The lowest BCUT2D eigenvalue weighted by molar-refractivity contribution is -0.390. The molecule has 2 unspecified atom stereocenters. The molecule has 0 spiro atoms. The predicted molar refractivity (Wildman–Crippen MR) is 334 cm³/mol. The number of hydrogen-bond donors (Lipinski definition) is 0. The minimum absolute atomic E-state index is 0.116. The fourth-order valence-electron chi connectivity index (χ4n) is 11.0. The topological polar surface area (TPSA) is 200 Å². The number of nitro groups is 2. The van der Waals surface area contributed by atoms with Gasteiger partial charge in [-0.1, -0.05) is 47.9 Å². The Kier molecular flexibility index (Phi) is 22.0. The fraction of sp³-hybridized carbons (Fsp3) is 0.508. The molecule has 2 atom stereocenters. The molecule has 0 N–H and O–H groups in total. The number of rotatable bonds is 15. The molecule has 0 amide bonds. The Bertz CT molecular complexity index is 3380. The molecule has 4 aliphatic heterocycles. The highest BCUT2D eigenvalue weighted by molar-refractivity contribution is 9.10. The monoisotopic (exact) mass is 1270 g/mol. The van der Waals surface area contributed by atoms with Crippen molar-refractivity contribution in [1.29, 1.82) is 0 Å². The van der Waals surface area contributed by atoms with Gasteiger partial charge in [-0.25, -0.2) is 9.97 Å². The van der Waals surface area contributed by atoms with Gasteiger partial charge in [-0.2, -0.15) is 0 Å². The molecular weight excluding hydrogens is 1200 g/mol. The Labute approximate surface area is 520 Å². The first-order chi connectivity index (χ1) is 41.7. The van der Waals surface area contributed by atoms with Crippen LogP contribution in [-0.4, -0.2) is 117 Å². The number of piperidine rings is 2. The number of pyridine rings is 2. The number of ether oxygens (including phenoxy) is 6. The number of hydrogen-bond acceptors (Lipinski definition) is 18. The maximum atomic E-state index is 11.7. The third kappa shape index (κ3) is 17.5. The fourth-order valence-corrected chi connectivity index (χ4v) is 13.3. The Hall–Kier alpha value is -6.24. The first-order valence-corrected chi connectivity index (χ1v) is 32.5. The molecule has 6 aliphatic rings. The van der Waals surface area contributed by atoms with E-state index in [9.17, 15) is 20.2 Å². The van der Waals surface area contributed by atoms with E-state index in [1.807, 2.05) is 72.3 Å². The molecule has 2 aliphatic carbocycles. The average Bonchev–Trinajstić information content (AvgIpc) is 3.45. The van der Waals surface area contributed by atoms with Crippen LogP contribution in [0.15, 0.2) is 89.9 Å². The third-order valence-corrected chi connectivity index (χ3v) is 19.1. The van der Waals surface area contributed by atoms with Gasteiger partial charge in [-0.15, -0.1) is 22.7 Å². The zero-order chi connectivity index (χ0) is 59.9. The molecule has 2 aromatic carbocycles. The summed E-state index contributed by atoms with van der Waals surface area (Å²) in [6.45, 7) is 8.54. The van der Waals surface area contributed by atoms with E-state index in [1.54, 1.807) is 23.5 Å². The van der Waals surface area contributed by atoms with Crippen LogP contribution in [-0.2, 0) is 32.2 Å². The average molecular weight is 1270 g/mol. The molecule has 4 aromatic heterocycles. The van der Waals surface area contributed by atoms with E-state index in [0.29, 0.717) is 10.4 Å². The summed E-state index contributed by atoms with van der Waals surface area (Å²) < 4.78 is 36.3. The van der Waals surface area contributed by atoms with Crippen LogP contribution in [0.4, 0.5) is 11.6 Å².